The van der Waals surface area contributed by atoms with Crippen molar-refractivity contribution >= 4 is 43.5 Å². The summed E-state index contributed by atoms with van der Waals surface area (Å²) >= 11 is 6.92. The predicted molar refractivity (Wildman–Crippen MR) is 91.8 cm³/mol. The van der Waals surface area contributed by atoms with Crippen molar-refractivity contribution in [2.75, 3.05) is 25.5 Å². The van der Waals surface area contributed by atoms with Gasteiger partial charge in [0.05, 0.1) is 22.7 Å². The van der Waals surface area contributed by atoms with Gasteiger partial charge in [0.25, 0.3) is 0 Å². The van der Waals surface area contributed by atoms with Gasteiger partial charge in [-0.2, -0.15) is 0 Å². The van der Waals surface area contributed by atoms with E-state index in [0.717, 1.165) is 34.1 Å². The summed E-state index contributed by atoms with van der Waals surface area (Å²) in [6.07, 6.45) is 0.863. The second kappa shape index (κ2) is 6.67. The van der Waals surface area contributed by atoms with Gasteiger partial charge in [0.15, 0.2) is 0 Å². The van der Waals surface area contributed by atoms with E-state index in [1.54, 1.807) is 7.11 Å². The number of benzene rings is 1. The average Bonchev–Trinajstić information content (AvgIpc) is 2.92. The van der Waals surface area contributed by atoms with Crippen LogP contribution >= 0.6 is 31.9 Å². The first-order valence-corrected chi connectivity index (χ1v) is 8.54. The van der Waals surface area contributed by atoms with Crippen LogP contribution in [0.5, 0.6) is 5.75 Å². The van der Waals surface area contributed by atoms with E-state index in [-0.39, 0.29) is 17.2 Å². The molecule has 0 bridgehead atoms. The highest BCUT2D eigenvalue weighted by Gasteiger charge is 2.44. The minimum atomic E-state index is -0.347. The van der Waals surface area contributed by atoms with Crippen molar-refractivity contribution in [1.82, 2.24) is 5.32 Å². The maximum Gasteiger partial charge on any atom is 0.232 e. The minimum absolute atomic E-state index is 0.0626. The first-order chi connectivity index (χ1) is 9.90. The summed E-state index contributed by atoms with van der Waals surface area (Å²) in [6.45, 7) is 5.81. The molecule has 1 aromatic carbocycles. The normalized spacial score (nSPS) is 21.6. The fraction of sp³-hybridized carbons (Fsp3) is 0.533. The largest absolute Gasteiger partial charge is 0.495 e. The minimum Gasteiger partial charge on any atom is -0.495 e. The van der Waals surface area contributed by atoms with E-state index in [4.69, 9.17) is 4.74 Å². The second-order valence-electron chi connectivity index (χ2n) is 5.66. The predicted octanol–water partition coefficient (Wildman–Crippen LogP) is 3.79. The van der Waals surface area contributed by atoms with Crippen LogP contribution < -0.4 is 15.4 Å². The van der Waals surface area contributed by atoms with Gasteiger partial charge in [-0.25, -0.2) is 0 Å². The first-order valence-electron chi connectivity index (χ1n) is 6.96. The summed E-state index contributed by atoms with van der Waals surface area (Å²) in [7, 11) is 1.61. The Morgan fingerprint density at radius 3 is 2.62 bits per heavy atom. The van der Waals surface area contributed by atoms with E-state index < -0.39 is 0 Å². The third kappa shape index (κ3) is 3.27. The Labute approximate surface area is 142 Å². The van der Waals surface area contributed by atoms with E-state index in [1.807, 2.05) is 12.1 Å². The van der Waals surface area contributed by atoms with Crippen molar-refractivity contribution in [3.8, 4) is 5.75 Å². The molecule has 2 N–H and O–H groups in total. The smallest absolute Gasteiger partial charge is 0.232 e. The lowest BCUT2D eigenvalue weighted by molar-refractivity contribution is -0.126. The van der Waals surface area contributed by atoms with Crippen LogP contribution in [-0.4, -0.2) is 26.1 Å². The van der Waals surface area contributed by atoms with Gasteiger partial charge in [-0.3, -0.25) is 4.79 Å². The van der Waals surface area contributed by atoms with Crippen LogP contribution in [0.15, 0.2) is 21.1 Å². The Morgan fingerprint density at radius 1 is 1.38 bits per heavy atom. The zero-order valence-electron chi connectivity index (χ0n) is 12.4. The van der Waals surface area contributed by atoms with Gasteiger partial charge >= 0.3 is 0 Å². The SMILES string of the molecule is COc1cc(NC(=O)C2(C(C)C)CCNC2)c(Br)cc1Br. The molecule has 4 nitrogen and oxygen atoms in total. The molecular formula is C15H20Br2N2O2. The van der Waals surface area contributed by atoms with E-state index in [9.17, 15) is 4.79 Å². The maximum atomic E-state index is 12.8. The highest BCUT2D eigenvalue weighted by Crippen LogP contribution is 2.38. The Hall–Kier alpha value is -0.590. The molecule has 0 aromatic heterocycles. The third-order valence-electron chi connectivity index (χ3n) is 4.24. The number of halogens is 2. The fourth-order valence-electron chi connectivity index (χ4n) is 2.69. The Morgan fingerprint density at radius 2 is 2.10 bits per heavy atom. The zero-order valence-corrected chi connectivity index (χ0v) is 15.6. The maximum absolute atomic E-state index is 12.8. The molecule has 0 radical (unpaired) electrons. The Bertz CT molecular complexity index is 541. The number of amides is 1. The van der Waals surface area contributed by atoms with Crippen LogP contribution in [0.2, 0.25) is 0 Å². The molecule has 1 aliphatic heterocycles. The van der Waals surface area contributed by atoms with Crippen LogP contribution in [0.1, 0.15) is 20.3 Å². The number of rotatable bonds is 4. The number of methoxy groups -OCH3 is 1. The van der Waals surface area contributed by atoms with Crippen molar-refractivity contribution in [2.45, 2.75) is 20.3 Å². The lowest BCUT2D eigenvalue weighted by atomic mass is 9.75. The first kappa shape index (κ1) is 16.8. The molecule has 1 aliphatic rings. The number of hydrogen-bond acceptors (Lipinski definition) is 3. The highest BCUT2D eigenvalue weighted by molar-refractivity contribution is 9.11. The van der Waals surface area contributed by atoms with Gasteiger partial charge in [0.1, 0.15) is 5.75 Å². The number of carbonyl (C=O) groups is 1. The zero-order chi connectivity index (χ0) is 15.6. The Balaban J connectivity index is 2.27. The van der Waals surface area contributed by atoms with Crippen LogP contribution in [0.4, 0.5) is 5.69 Å². The number of anilines is 1. The summed E-state index contributed by atoms with van der Waals surface area (Å²) in [6, 6.07) is 3.70. The molecule has 1 heterocycles. The van der Waals surface area contributed by atoms with Gasteiger partial charge in [-0.05, 0) is 56.8 Å². The Kier molecular flexibility index (Phi) is 5.33. The summed E-state index contributed by atoms with van der Waals surface area (Å²) in [5.74, 6) is 1.04. The highest BCUT2D eigenvalue weighted by atomic mass is 79.9. The lowest BCUT2D eigenvalue weighted by Gasteiger charge is -2.31. The monoisotopic (exact) mass is 418 g/mol. The van der Waals surface area contributed by atoms with Crippen molar-refractivity contribution in [2.24, 2.45) is 11.3 Å². The molecule has 0 aliphatic carbocycles. The van der Waals surface area contributed by atoms with Crippen molar-refractivity contribution in [3.05, 3.63) is 21.1 Å². The third-order valence-corrected chi connectivity index (χ3v) is 5.51. The molecule has 1 fully saturated rings. The number of carbonyl (C=O) groups excluding carboxylic acids is 1. The van der Waals surface area contributed by atoms with Gasteiger partial charge in [0, 0.05) is 17.1 Å². The molecule has 0 saturated carbocycles. The molecular weight excluding hydrogens is 400 g/mol. The quantitative estimate of drug-likeness (QED) is 0.780. The van der Waals surface area contributed by atoms with Crippen LogP contribution in [0.25, 0.3) is 0 Å². The molecule has 1 saturated heterocycles. The van der Waals surface area contributed by atoms with Crippen LogP contribution in [0, 0.1) is 11.3 Å². The van der Waals surface area contributed by atoms with Gasteiger partial charge in [-0.1, -0.05) is 13.8 Å². The van der Waals surface area contributed by atoms with Gasteiger partial charge in [0.2, 0.25) is 5.91 Å². The topological polar surface area (TPSA) is 50.4 Å². The lowest BCUT2D eigenvalue weighted by Crippen LogP contribution is -2.42. The van der Waals surface area contributed by atoms with Crippen LogP contribution in [0.3, 0.4) is 0 Å². The number of ether oxygens (including phenoxy) is 1. The van der Waals surface area contributed by atoms with E-state index in [0.29, 0.717) is 5.75 Å². The fourth-order valence-corrected chi connectivity index (χ4v) is 3.94. The summed E-state index contributed by atoms with van der Waals surface area (Å²) < 4.78 is 6.96. The second-order valence-corrected chi connectivity index (χ2v) is 7.37. The average molecular weight is 420 g/mol. The molecule has 2 rings (SSSR count). The summed E-state index contributed by atoms with van der Waals surface area (Å²) in [5, 5.41) is 6.35. The molecule has 1 unspecified atom stereocenters. The molecule has 1 atom stereocenters. The summed E-state index contributed by atoms with van der Waals surface area (Å²) in [4.78, 5) is 12.8. The molecule has 0 spiro atoms. The molecule has 21 heavy (non-hydrogen) atoms. The standard InChI is InChI=1S/C15H20Br2N2O2/c1-9(2)15(4-5-18-8-15)14(20)19-12-7-13(21-3)11(17)6-10(12)16/h6-7,9,18H,4-5,8H2,1-3H3,(H,19,20). The van der Waals surface area contributed by atoms with Crippen LogP contribution in [-0.2, 0) is 4.79 Å². The van der Waals surface area contributed by atoms with Crippen molar-refractivity contribution in [3.63, 3.8) is 0 Å². The number of hydrogen-bond donors (Lipinski definition) is 2. The van der Waals surface area contributed by atoms with E-state index >= 15 is 0 Å². The van der Waals surface area contributed by atoms with Crippen molar-refractivity contribution < 1.29 is 9.53 Å². The van der Waals surface area contributed by atoms with Gasteiger partial charge < -0.3 is 15.4 Å². The number of nitrogens with one attached hydrogen (secondary N) is 2. The molecule has 1 aromatic rings. The van der Waals surface area contributed by atoms with Gasteiger partial charge in [-0.15, -0.1) is 0 Å². The van der Waals surface area contributed by atoms with E-state index in [1.165, 1.54) is 0 Å². The molecule has 116 valence electrons. The van der Waals surface area contributed by atoms with E-state index in [2.05, 4.69) is 56.3 Å². The summed E-state index contributed by atoms with van der Waals surface area (Å²) in [5.41, 5.74) is 0.381. The van der Waals surface area contributed by atoms with Crippen molar-refractivity contribution in [1.29, 1.82) is 0 Å². The molecule has 1 amide bonds. The molecule has 6 heteroatoms.